The molecule has 3 aromatic heterocycles. The molecule has 2 saturated heterocycles. The molecule has 0 bridgehead atoms. The zero-order valence-electron chi connectivity index (χ0n) is 24.3. The predicted octanol–water partition coefficient (Wildman–Crippen LogP) is -0.157. The number of imidazole rings is 1. The highest BCUT2D eigenvalue weighted by molar-refractivity contribution is 7.61. The molecule has 10 unspecified atom stereocenters. The molecule has 10 atom stereocenters. The van der Waals surface area contributed by atoms with Gasteiger partial charge in [0.05, 0.1) is 25.6 Å². The van der Waals surface area contributed by atoms with Crippen LogP contribution in [0.15, 0.2) is 30.9 Å². The fourth-order valence-electron chi connectivity index (χ4n) is 5.20. The second-order valence-electron chi connectivity index (χ2n) is 10.8. The number of nitrogens with two attached hydrogens (primary N) is 2. The third-order valence-corrected chi connectivity index (χ3v) is 10.4. The van der Waals surface area contributed by atoms with Crippen LogP contribution in [0.25, 0.3) is 11.2 Å². The predicted molar refractivity (Wildman–Crippen MR) is 150 cm³/mol. The molecule has 246 valence electrons. The minimum absolute atomic E-state index is 0.0990. The molecule has 0 radical (unpaired) electrons. The lowest BCUT2D eigenvalue weighted by atomic mass is 9.93. The molecular weight excluding hydrogens is 640 g/mol. The Morgan fingerprint density at radius 2 is 1.73 bits per heavy atom. The van der Waals surface area contributed by atoms with E-state index >= 15 is 0 Å². The van der Waals surface area contributed by atoms with Gasteiger partial charge in [0, 0.05) is 12.0 Å². The van der Waals surface area contributed by atoms with Crippen molar-refractivity contribution in [3.63, 3.8) is 0 Å². The highest BCUT2D eigenvalue weighted by atomic mass is 31.3. The summed E-state index contributed by atoms with van der Waals surface area (Å²) in [5.74, 6) is -0.452. The topological polar surface area (TPSA) is 278 Å². The second kappa shape index (κ2) is 12.7. The van der Waals surface area contributed by atoms with Crippen LogP contribution in [-0.4, -0.2) is 83.1 Å². The highest BCUT2D eigenvalue weighted by Crippen LogP contribution is 2.61. The van der Waals surface area contributed by atoms with Gasteiger partial charge < -0.3 is 40.9 Å². The van der Waals surface area contributed by atoms with E-state index in [0.717, 1.165) is 0 Å². The number of carbonyl (C=O) groups is 1. The van der Waals surface area contributed by atoms with Crippen LogP contribution in [0.5, 0.6) is 0 Å². The smallest absolute Gasteiger partial charge is 0.387 e. The summed E-state index contributed by atoms with van der Waals surface area (Å²) in [5.41, 5.74) is 12.2. The van der Waals surface area contributed by atoms with Crippen LogP contribution in [-0.2, 0) is 32.0 Å². The average molecular weight is 675 g/mol. The summed E-state index contributed by atoms with van der Waals surface area (Å²) in [4.78, 5) is 44.6. The van der Waals surface area contributed by atoms with Crippen LogP contribution in [0.4, 0.5) is 5.82 Å². The standard InChI is InChI=1S/C24H33N7O12P2/c1-11-12(2)23(31-10-27-17-20(25)28-13(3)29-22(17)31)41-15(11)8-39-44(35,36)43-45(37,38)40-9-16-18(32)19(33)24(42-16)30-6-4-5-14(7-30)21(26)34/h4-7,10-12,15-16,18-19,23-24,32-33H,8-9H2,1-3H3,(H5-,25,26,28,29,34,35,36,37,38)/p+1. The van der Waals surface area contributed by atoms with Gasteiger partial charge in [-0.1, -0.05) is 13.8 Å². The van der Waals surface area contributed by atoms with Gasteiger partial charge in [0.2, 0.25) is 0 Å². The summed E-state index contributed by atoms with van der Waals surface area (Å²) in [6, 6.07) is 2.89. The maximum Gasteiger partial charge on any atom is 0.481 e. The molecule has 2 aliphatic heterocycles. The van der Waals surface area contributed by atoms with Crippen molar-refractivity contribution in [3.05, 3.63) is 42.2 Å². The fraction of sp³-hybridized carbons (Fsp3) is 0.542. The number of pyridine rings is 1. The number of phosphoric acid groups is 2. The number of aliphatic hydroxyl groups is 2. The molecule has 8 N–H and O–H groups in total. The summed E-state index contributed by atoms with van der Waals surface area (Å²) < 4.78 is 53.9. The van der Waals surface area contributed by atoms with E-state index in [2.05, 4.69) is 19.3 Å². The number of anilines is 1. The van der Waals surface area contributed by atoms with Crippen molar-refractivity contribution >= 4 is 38.5 Å². The number of nitrogen functional groups attached to an aromatic ring is 1. The van der Waals surface area contributed by atoms with E-state index in [9.17, 15) is 33.9 Å². The van der Waals surface area contributed by atoms with Gasteiger partial charge in [-0.2, -0.15) is 8.88 Å². The minimum atomic E-state index is -5.26. The van der Waals surface area contributed by atoms with Crippen molar-refractivity contribution in [3.8, 4) is 0 Å². The lowest BCUT2D eigenvalue weighted by Crippen LogP contribution is -2.46. The van der Waals surface area contributed by atoms with Gasteiger partial charge in [-0.05, 0) is 18.9 Å². The maximum atomic E-state index is 12.6. The number of hydrogen-bond acceptors (Lipinski definition) is 14. The SMILES string of the molecule is Cc1nc(N)c2ncn(C3OC(COP(=O)(O)OP(=O)(O)OCC4OC([n+]5cccc(C(N)=O)c5)C(O)C4O)C(C)C3C)c2n1. The monoisotopic (exact) mass is 674 g/mol. The quantitative estimate of drug-likeness (QED) is 0.114. The number of phosphoric ester groups is 2. The molecule has 5 rings (SSSR count). The number of nitrogens with zero attached hydrogens (tertiary/aromatic N) is 5. The van der Waals surface area contributed by atoms with Gasteiger partial charge in [-0.3, -0.25) is 18.4 Å². The van der Waals surface area contributed by atoms with Crippen molar-refractivity contribution in [2.24, 2.45) is 17.6 Å². The average Bonchev–Trinajstić information content (AvgIpc) is 3.60. The molecule has 45 heavy (non-hydrogen) atoms. The number of aryl methyl sites for hydroxylation is 1. The zero-order valence-corrected chi connectivity index (χ0v) is 26.0. The summed E-state index contributed by atoms with van der Waals surface area (Å²) in [6.45, 7) is 4.11. The van der Waals surface area contributed by atoms with E-state index in [-0.39, 0.29) is 23.2 Å². The lowest BCUT2D eigenvalue weighted by Gasteiger charge is -2.21. The Bertz CT molecular complexity index is 1680. The van der Waals surface area contributed by atoms with Crippen LogP contribution < -0.4 is 16.0 Å². The normalized spacial score (nSPS) is 31.2. The summed E-state index contributed by atoms with van der Waals surface area (Å²) in [6.07, 6.45) is -2.82. The molecule has 0 spiro atoms. The molecule has 1 amide bonds. The van der Waals surface area contributed by atoms with Crippen molar-refractivity contribution in [1.29, 1.82) is 0 Å². The number of amides is 1. The first-order valence-electron chi connectivity index (χ1n) is 13.7. The van der Waals surface area contributed by atoms with Gasteiger partial charge in [-0.15, -0.1) is 0 Å². The van der Waals surface area contributed by atoms with Gasteiger partial charge in [0.25, 0.3) is 12.1 Å². The number of rotatable bonds is 11. The van der Waals surface area contributed by atoms with E-state index in [4.69, 9.17) is 30.0 Å². The third kappa shape index (κ3) is 7.08. The van der Waals surface area contributed by atoms with Gasteiger partial charge >= 0.3 is 15.6 Å². The first kappa shape index (κ1) is 33.4. The maximum absolute atomic E-state index is 12.6. The molecule has 19 nitrogen and oxygen atoms in total. The van der Waals surface area contributed by atoms with Gasteiger partial charge in [0.1, 0.15) is 35.3 Å². The third-order valence-electron chi connectivity index (χ3n) is 7.76. The Hall–Kier alpha value is -2.93. The number of fused-ring (bicyclic) bond motifs is 1. The molecular formula is C24H34N7O12P2+. The summed E-state index contributed by atoms with van der Waals surface area (Å²) in [7, 11) is -10.4. The van der Waals surface area contributed by atoms with Crippen LogP contribution in [0, 0.1) is 18.8 Å². The van der Waals surface area contributed by atoms with Crippen LogP contribution >= 0.6 is 15.6 Å². The number of hydrogen-bond donors (Lipinski definition) is 6. The first-order chi connectivity index (χ1) is 21.1. The van der Waals surface area contributed by atoms with Gasteiger partial charge in [-0.25, -0.2) is 24.1 Å². The summed E-state index contributed by atoms with van der Waals surface area (Å²) >= 11 is 0. The largest absolute Gasteiger partial charge is 0.481 e. The van der Waals surface area contributed by atoms with Crippen LogP contribution in [0.2, 0.25) is 0 Å². The van der Waals surface area contributed by atoms with E-state index < -0.39 is 71.6 Å². The molecule has 2 fully saturated rings. The van der Waals surface area contributed by atoms with Crippen LogP contribution in [0.3, 0.4) is 0 Å². The molecule has 0 aromatic carbocycles. The summed E-state index contributed by atoms with van der Waals surface area (Å²) in [5, 5.41) is 20.8. The van der Waals surface area contributed by atoms with Crippen molar-refractivity contribution in [2.45, 2.75) is 57.6 Å². The zero-order chi connectivity index (χ0) is 32.8. The second-order valence-corrected chi connectivity index (χ2v) is 13.9. The molecule has 3 aromatic rings. The number of primary amides is 1. The Morgan fingerprint density at radius 1 is 1.07 bits per heavy atom. The Labute approximate surface area is 255 Å². The number of ether oxygens (including phenoxy) is 2. The van der Waals surface area contributed by atoms with E-state index in [1.165, 1.54) is 35.4 Å². The molecule has 0 saturated carbocycles. The molecule has 0 aliphatic carbocycles. The van der Waals surface area contributed by atoms with E-state index in [1.807, 2.05) is 13.8 Å². The Morgan fingerprint density at radius 3 is 2.40 bits per heavy atom. The minimum Gasteiger partial charge on any atom is -0.387 e. The highest BCUT2D eigenvalue weighted by Gasteiger charge is 2.50. The Balaban J connectivity index is 1.17. The fourth-order valence-corrected chi connectivity index (χ4v) is 7.29. The number of carbonyl (C=O) groups excluding carboxylic acids is 1. The lowest BCUT2D eigenvalue weighted by molar-refractivity contribution is -0.765. The van der Waals surface area contributed by atoms with E-state index in [1.54, 1.807) is 11.5 Å². The van der Waals surface area contributed by atoms with Crippen molar-refractivity contribution in [1.82, 2.24) is 19.5 Å². The van der Waals surface area contributed by atoms with Crippen molar-refractivity contribution in [2.75, 3.05) is 18.9 Å². The van der Waals surface area contributed by atoms with E-state index in [0.29, 0.717) is 17.0 Å². The molecule has 2 aliphatic rings. The van der Waals surface area contributed by atoms with Crippen molar-refractivity contribution < 1.29 is 61.3 Å². The number of aromatic nitrogens is 5. The number of aliphatic hydroxyl groups excluding tert-OH is 2. The molecule has 5 heterocycles. The molecule has 21 heteroatoms. The Kier molecular flexibility index (Phi) is 9.43. The first-order valence-corrected chi connectivity index (χ1v) is 16.7. The van der Waals surface area contributed by atoms with Crippen LogP contribution in [0.1, 0.15) is 42.5 Å². The van der Waals surface area contributed by atoms with Gasteiger partial charge in [0.15, 0.2) is 30.0 Å².